The fourth-order valence-corrected chi connectivity index (χ4v) is 5.98. The number of methoxy groups -OCH3 is 1. The Morgan fingerprint density at radius 1 is 1.08 bits per heavy atom. The summed E-state index contributed by atoms with van der Waals surface area (Å²) in [5.74, 6) is 0.874. The van der Waals surface area contributed by atoms with Gasteiger partial charge in [-0.15, -0.1) is 6.58 Å². The highest BCUT2D eigenvalue weighted by molar-refractivity contribution is 6.73. The largest absolute Gasteiger partial charge is 0.497 e. The van der Waals surface area contributed by atoms with Crippen LogP contribution in [0.2, 0.25) is 18.1 Å². The second kappa shape index (κ2) is 11.5. The molecule has 25 heavy (non-hydrogen) atoms. The molecule has 1 atom stereocenters. The molecule has 0 aliphatic carbocycles. The third-order valence-corrected chi connectivity index (χ3v) is 9.64. The van der Waals surface area contributed by atoms with Gasteiger partial charge >= 0.3 is 0 Å². The van der Waals surface area contributed by atoms with Gasteiger partial charge in [0.25, 0.3) is 0 Å². The van der Waals surface area contributed by atoms with Crippen molar-refractivity contribution < 1.29 is 13.9 Å². The zero-order valence-electron chi connectivity index (χ0n) is 16.8. The molecule has 0 radical (unpaired) electrons. The molecular weight excluding hydrogens is 328 g/mol. The Balaban J connectivity index is 2.50. The molecule has 1 rings (SSSR count). The molecule has 4 heteroatoms. The average molecular weight is 365 g/mol. The van der Waals surface area contributed by atoms with E-state index in [0.29, 0.717) is 13.2 Å². The van der Waals surface area contributed by atoms with Crippen molar-refractivity contribution in [2.24, 2.45) is 0 Å². The van der Waals surface area contributed by atoms with Gasteiger partial charge in [-0.1, -0.05) is 38.5 Å². The number of hydrogen-bond acceptors (Lipinski definition) is 3. The number of rotatable bonds is 13. The van der Waals surface area contributed by atoms with Gasteiger partial charge in [0.2, 0.25) is 0 Å². The molecule has 0 unspecified atom stereocenters. The third-order valence-electron chi connectivity index (χ3n) is 4.94. The van der Waals surface area contributed by atoms with E-state index in [1.165, 1.54) is 23.7 Å². The van der Waals surface area contributed by atoms with Crippen LogP contribution in [0.1, 0.15) is 46.1 Å². The first-order valence-corrected chi connectivity index (χ1v) is 12.0. The topological polar surface area (TPSA) is 27.7 Å². The Labute approximate surface area is 155 Å². The number of ether oxygens (including phenoxy) is 2. The second-order valence-electron chi connectivity index (χ2n) is 6.83. The smallest absolute Gasteiger partial charge is 0.192 e. The van der Waals surface area contributed by atoms with Crippen LogP contribution in [-0.2, 0) is 15.8 Å². The van der Waals surface area contributed by atoms with Crippen LogP contribution in [-0.4, -0.2) is 28.1 Å². The Bertz CT molecular complexity index is 486. The predicted molar refractivity (Wildman–Crippen MR) is 109 cm³/mol. The van der Waals surface area contributed by atoms with Crippen LogP contribution >= 0.6 is 0 Å². The minimum Gasteiger partial charge on any atom is -0.497 e. The molecular formula is C21H36O3Si. The highest BCUT2D eigenvalue weighted by Crippen LogP contribution is 2.26. The van der Waals surface area contributed by atoms with E-state index in [9.17, 15) is 0 Å². The SMILES string of the molecule is C=C(C)C[C@H](CCOCc1ccc(OC)cc1)O[Si](CC)(CC)CC. The molecule has 1 aromatic carbocycles. The monoisotopic (exact) mass is 364 g/mol. The highest BCUT2D eigenvalue weighted by atomic mass is 28.4. The first kappa shape index (κ1) is 21.9. The van der Waals surface area contributed by atoms with Crippen LogP contribution in [0, 0.1) is 0 Å². The van der Waals surface area contributed by atoms with Crippen LogP contribution in [0.4, 0.5) is 0 Å². The van der Waals surface area contributed by atoms with Crippen molar-refractivity contribution in [2.75, 3.05) is 13.7 Å². The van der Waals surface area contributed by atoms with Gasteiger partial charge in [0, 0.05) is 6.61 Å². The summed E-state index contributed by atoms with van der Waals surface area (Å²) in [6, 6.07) is 11.6. The van der Waals surface area contributed by atoms with Gasteiger partial charge < -0.3 is 13.9 Å². The molecule has 142 valence electrons. The summed E-state index contributed by atoms with van der Waals surface area (Å²) in [5.41, 5.74) is 2.35. The Hall–Kier alpha value is -1.10. The maximum absolute atomic E-state index is 6.66. The first-order valence-electron chi connectivity index (χ1n) is 9.51. The van der Waals surface area contributed by atoms with E-state index in [2.05, 4.69) is 34.3 Å². The molecule has 0 aliphatic rings. The van der Waals surface area contributed by atoms with Gasteiger partial charge in [-0.3, -0.25) is 0 Å². The fourth-order valence-electron chi connectivity index (χ4n) is 3.07. The third kappa shape index (κ3) is 7.76. The molecule has 0 aromatic heterocycles. The number of hydrogen-bond donors (Lipinski definition) is 0. The predicted octanol–water partition coefficient (Wildman–Crippen LogP) is 5.96. The molecule has 0 N–H and O–H groups in total. The molecule has 0 amide bonds. The lowest BCUT2D eigenvalue weighted by Gasteiger charge is -2.33. The summed E-state index contributed by atoms with van der Waals surface area (Å²) in [4.78, 5) is 0. The van der Waals surface area contributed by atoms with E-state index in [0.717, 1.165) is 24.2 Å². The van der Waals surface area contributed by atoms with Crippen LogP contribution < -0.4 is 4.74 Å². The van der Waals surface area contributed by atoms with Gasteiger partial charge in [0.05, 0.1) is 19.8 Å². The minimum absolute atomic E-state index is 0.236. The van der Waals surface area contributed by atoms with Gasteiger partial charge in [-0.25, -0.2) is 0 Å². The molecule has 0 fully saturated rings. The van der Waals surface area contributed by atoms with Crippen LogP contribution in [0.3, 0.4) is 0 Å². The quantitative estimate of drug-likeness (QED) is 0.245. The van der Waals surface area contributed by atoms with Crippen molar-refractivity contribution in [3.63, 3.8) is 0 Å². The van der Waals surface area contributed by atoms with Gasteiger partial charge in [0.1, 0.15) is 5.75 Å². The summed E-state index contributed by atoms with van der Waals surface area (Å²) in [6.45, 7) is 14.3. The van der Waals surface area contributed by atoms with Gasteiger partial charge in [-0.05, 0) is 55.6 Å². The van der Waals surface area contributed by atoms with Crippen molar-refractivity contribution in [1.29, 1.82) is 0 Å². The minimum atomic E-state index is -1.59. The van der Waals surface area contributed by atoms with E-state index < -0.39 is 8.32 Å². The van der Waals surface area contributed by atoms with E-state index in [1.54, 1.807) is 7.11 Å². The zero-order chi connectivity index (χ0) is 18.7. The molecule has 0 spiro atoms. The van der Waals surface area contributed by atoms with E-state index in [-0.39, 0.29) is 6.10 Å². The van der Waals surface area contributed by atoms with Crippen molar-refractivity contribution in [3.05, 3.63) is 42.0 Å². The lowest BCUT2D eigenvalue weighted by Crippen LogP contribution is -2.40. The Kier molecular flexibility index (Phi) is 10.1. The summed E-state index contributed by atoms with van der Waals surface area (Å²) < 4.78 is 17.7. The van der Waals surface area contributed by atoms with E-state index in [1.807, 2.05) is 24.3 Å². The van der Waals surface area contributed by atoms with Crippen molar-refractivity contribution in [1.82, 2.24) is 0 Å². The lowest BCUT2D eigenvalue weighted by molar-refractivity contribution is 0.0785. The summed E-state index contributed by atoms with van der Waals surface area (Å²) in [7, 11) is 0.0875. The molecule has 0 saturated carbocycles. The van der Waals surface area contributed by atoms with Crippen LogP contribution in [0.15, 0.2) is 36.4 Å². The van der Waals surface area contributed by atoms with E-state index in [4.69, 9.17) is 13.9 Å². The zero-order valence-corrected chi connectivity index (χ0v) is 17.8. The summed E-state index contributed by atoms with van der Waals surface area (Å²) in [6.07, 6.45) is 2.10. The molecule has 1 aromatic rings. The highest BCUT2D eigenvalue weighted by Gasteiger charge is 2.31. The summed E-state index contributed by atoms with van der Waals surface area (Å²) in [5, 5.41) is 0. The maximum atomic E-state index is 6.66. The molecule has 0 aliphatic heterocycles. The van der Waals surface area contributed by atoms with Gasteiger partial charge in [0.15, 0.2) is 8.32 Å². The van der Waals surface area contributed by atoms with Crippen LogP contribution in [0.5, 0.6) is 5.75 Å². The van der Waals surface area contributed by atoms with Crippen molar-refractivity contribution in [3.8, 4) is 5.75 Å². The maximum Gasteiger partial charge on any atom is 0.192 e. The van der Waals surface area contributed by atoms with Gasteiger partial charge in [-0.2, -0.15) is 0 Å². The fraction of sp³-hybridized carbons (Fsp3) is 0.619. The average Bonchev–Trinajstić information content (AvgIpc) is 2.63. The Morgan fingerprint density at radius 3 is 2.16 bits per heavy atom. The molecule has 0 saturated heterocycles. The number of benzene rings is 1. The molecule has 3 nitrogen and oxygen atoms in total. The molecule has 0 bridgehead atoms. The van der Waals surface area contributed by atoms with Crippen molar-refractivity contribution >= 4 is 8.32 Å². The first-order chi connectivity index (χ1) is 12.0. The second-order valence-corrected chi connectivity index (χ2v) is 11.6. The Morgan fingerprint density at radius 2 is 1.68 bits per heavy atom. The lowest BCUT2D eigenvalue weighted by atomic mass is 10.1. The normalized spacial score (nSPS) is 12.8. The van der Waals surface area contributed by atoms with Crippen LogP contribution in [0.25, 0.3) is 0 Å². The molecule has 0 heterocycles. The standard InChI is InChI=1S/C21H36O3Si/c1-7-25(8-2,9-3)24-21(16-18(4)5)14-15-23-17-19-10-12-20(22-6)13-11-19/h10-13,21H,4,7-9,14-17H2,1-3,5-6H3/t21-/m0/s1. The summed E-state index contributed by atoms with van der Waals surface area (Å²) >= 11 is 0. The van der Waals surface area contributed by atoms with Crippen molar-refractivity contribution in [2.45, 2.75) is 71.4 Å². The van der Waals surface area contributed by atoms with E-state index >= 15 is 0 Å².